The van der Waals surface area contributed by atoms with Crippen molar-refractivity contribution in [2.75, 3.05) is 34.3 Å². The highest BCUT2D eigenvalue weighted by Crippen LogP contribution is 2.17. The third-order valence-electron chi connectivity index (χ3n) is 0.964. The summed E-state index contributed by atoms with van der Waals surface area (Å²) in [4.78, 5) is 18.2. The molecule has 0 spiro atoms. The molecule has 1 unspecified atom stereocenters. The Hall–Kier alpha value is 0.270. The Morgan fingerprint density at radius 3 is 2.30 bits per heavy atom. The van der Waals surface area contributed by atoms with E-state index in [0.717, 1.165) is 11.0 Å². The lowest BCUT2D eigenvalue weighted by molar-refractivity contribution is -0.870. The van der Waals surface area contributed by atoms with E-state index in [9.17, 15) is 4.89 Å². The maximum Gasteiger partial charge on any atom is 0.102 e. The van der Waals surface area contributed by atoms with E-state index in [2.05, 4.69) is 4.52 Å². The van der Waals surface area contributed by atoms with Crippen LogP contribution in [-0.4, -0.2) is 43.7 Å². The Morgan fingerprint density at radius 2 is 2.00 bits per heavy atom. The fourth-order valence-corrected chi connectivity index (χ4v) is 0.631. The molecule has 0 fully saturated rings. The second-order valence-electron chi connectivity index (χ2n) is 3.08. The van der Waals surface area contributed by atoms with Crippen LogP contribution < -0.4 is 4.89 Å². The largest absolute Gasteiger partial charge is 0.786 e. The predicted molar refractivity (Wildman–Crippen MR) is 38.0 cm³/mol. The second kappa shape index (κ2) is 4.21. The molecule has 0 aromatic carbocycles. The zero-order valence-corrected chi connectivity index (χ0v) is 7.47. The van der Waals surface area contributed by atoms with Crippen LogP contribution in [0.25, 0.3) is 0 Å². The van der Waals surface area contributed by atoms with Crippen molar-refractivity contribution in [3.63, 3.8) is 0 Å². The normalized spacial score (nSPS) is 15.3. The minimum atomic E-state index is -2.41. The number of hydrogen-bond donors (Lipinski definition) is 1. The molecule has 0 aromatic heterocycles. The van der Waals surface area contributed by atoms with E-state index in [1.807, 2.05) is 21.1 Å². The summed E-state index contributed by atoms with van der Waals surface area (Å²) in [7, 11) is 3.57. The molecule has 0 rings (SSSR count). The summed E-state index contributed by atoms with van der Waals surface area (Å²) in [5, 5.41) is 0. The summed E-state index contributed by atoms with van der Waals surface area (Å²) >= 11 is 0. The van der Waals surface area contributed by atoms with Crippen molar-refractivity contribution in [2.45, 2.75) is 0 Å². The van der Waals surface area contributed by atoms with E-state index in [0.29, 0.717) is 6.61 Å². The highest BCUT2D eigenvalue weighted by Gasteiger charge is 2.05. The Labute approximate surface area is 62.6 Å². The molecular formula is C5H14NO3P. The fraction of sp³-hybridized carbons (Fsp3) is 1.00. The summed E-state index contributed by atoms with van der Waals surface area (Å²) in [5.74, 6) is 0. The maximum atomic E-state index is 10.0. The summed E-state index contributed by atoms with van der Waals surface area (Å²) in [6, 6.07) is 0. The molecule has 10 heavy (non-hydrogen) atoms. The van der Waals surface area contributed by atoms with Gasteiger partial charge in [0.2, 0.25) is 0 Å². The molecular weight excluding hydrogens is 153 g/mol. The Morgan fingerprint density at radius 1 is 1.50 bits per heavy atom. The zero-order chi connectivity index (χ0) is 8.20. The number of quaternary nitrogens is 1. The molecule has 0 saturated carbocycles. The molecule has 0 aliphatic rings. The third kappa shape index (κ3) is 8.27. The van der Waals surface area contributed by atoms with Gasteiger partial charge in [0, 0.05) is 0 Å². The summed E-state index contributed by atoms with van der Waals surface area (Å²) in [5.41, 5.74) is 0. The molecule has 0 aliphatic carbocycles. The van der Waals surface area contributed by atoms with Gasteiger partial charge in [0.25, 0.3) is 0 Å². The van der Waals surface area contributed by atoms with Crippen molar-refractivity contribution in [3.8, 4) is 0 Å². The van der Waals surface area contributed by atoms with Crippen LogP contribution in [0.5, 0.6) is 0 Å². The highest BCUT2D eigenvalue weighted by atomic mass is 31.2. The first-order valence-electron chi connectivity index (χ1n) is 3.01. The monoisotopic (exact) mass is 167 g/mol. The molecule has 0 amide bonds. The van der Waals surface area contributed by atoms with Gasteiger partial charge in [0.1, 0.15) is 13.2 Å². The lowest BCUT2D eigenvalue weighted by Crippen LogP contribution is -2.37. The van der Waals surface area contributed by atoms with Gasteiger partial charge in [-0.1, -0.05) is 0 Å². The number of rotatable bonds is 4. The summed E-state index contributed by atoms with van der Waals surface area (Å²) in [6.07, 6.45) is 0. The van der Waals surface area contributed by atoms with Crippen molar-refractivity contribution in [1.82, 2.24) is 0 Å². The lowest BCUT2D eigenvalue weighted by Gasteiger charge is -2.25. The first kappa shape index (κ1) is 10.3. The standard InChI is InChI=1S/C5H14NO3P/c1-6(2,3)4-5-9-10(7)8/h7H,4-5H2,1-3H3. The van der Waals surface area contributed by atoms with Gasteiger partial charge in [-0.05, 0) is 0 Å². The van der Waals surface area contributed by atoms with Crippen molar-refractivity contribution < 1.29 is 18.8 Å². The van der Waals surface area contributed by atoms with Crippen molar-refractivity contribution in [2.24, 2.45) is 0 Å². The van der Waals surface area contributed by atoms with E-state index < -0.39 is 8.60 Å². The molecule has 0 bridgehead atoms. The van der Waals surface area contributed by atoms with Crippen molar-refractivity contribution in [1.29, 1.82) is 0 Å². The number of hydrogen-bond acceptors (Lipinski definition) is 3. The molecule has 1 N–H and O–H groups in total. The molecule has 5 heteroatoms. The lowest BCUT2D eigenvalue weighted by atomic mass is 10.5. The minimum absolute atomic E-state index is 0.329. The van der Waals surface area contributed by atoms with Crippen LogP contribution in [0.2, 0.25) is 0 Å². The minimum Gasteiger partial charge on any atom is -0.786 e. The molecule has 4 nitrogen and oxygen atoms in total. The maximum absolute atomic E-state index is 10.0. The topological polar surface area (TPSA) is 52.5 Å². The number of likely N-dealkylation sites (N-methyl/N-ethyl adjacent to an activating group) is 1. The molecule has 0 radical (unpaired) electrons. The fourth-order valence-electron chi connectivity index (χ4n) is 0.393. The first-order valence-corrected chi connectivity index (χ1v) is 4.14. The Balaban J connectivity index is 3.21. The van der Waals surface area contributed by atoms with Crippen LogP contribution in [0.15, 0.2) is 0 Å². The van der Waals surface area contributed by atoms with Crippen molar-refractivity contribution in [3.05, 3.63) is 0 Å². The molecule has 1 atom stereocenters. The smallest absolute Gasteiger partial charge is 0.102 e. The van der Waals surface area contributed by atoms with Crippen LogP contribution in [0.4, 0.5) is 0 Å². The molecule has 0 saturated heterocycles. The van der Waals surface area contributed by atoms with E-state index in [1.165, 1.54) is 0 Å². The van der Waals surface area contributed by atoms with Gasteiger partial charge >= 0.3 is 0 Å². The van der Waals surface area contributed by atoms with Crippen LogP contribution in [0, 0.1) is 0 Å². The quantitative estimate of drug-likeness (QED) is 0.444. The van der Waals surface area contributed by atoms with Gasteiger partial charge in [0.05, 0.1) is 29.7 Å². The number of nitrogens with zero attached hydrogens (tertiary/aromatic N) is 1. The average Bonchev–Trinajstić information content (AvgIpc) is 1.59. The van der Waals surface area contributed by atoms with Crippen LogP contribution in [0.3, 0.4) is 0 Å². The van der Waals surface area contributed by atoms with Crippen molar-refractivity contribution >= 4 is 8.60 Å². The van der Waals surface area contributed by atoms with E-state index in [-0.39, 0.29) is 0 Å². The van der Waals surface area contributed by atoms with Gasteiger partial charge < -0.3 is 18.8 Å². The molecule has 62 valence electrons. The van der Waals surface area contributed by atoms with Crippen LogP contribution in [0.1, 0.15) is 0 Å². The summed E-state index contributed by atoms with van der Waals surface area (Å²) in [6.45, 7) is 1.07. The second-order valence-corrected chi connectivity index (χ2v) is 3.82. The SMILES string of the molecule is C[N+](C)(C)CCOP([O-])O. The Bertz CT molecular complexity index is 91.4. The zero-order valence-electron chi connectivity index (χ0n) is 6.57. The molecule has 0 aliphatic heterocycles. The predicted octanol–water partition coefficient (Wildman–Crippen LogP) is -0.711. The van der Waals surface area contributed by atoms with Gasteiger partial charge in [-0.25, -0.2) is 0 Å². The first-order chi connectivity index (χ1) is 4.42. The van der Waals surface area contributed by atoms with E-state index in [1.54, 1.807) is 0 Å². The third-order valence-corrected chi connectivity index (χ3v) is 1.37. The molecule has 0 aromatic rings. The Kier molecular flexibility index (Phi) is 4.32. The summed E-state index contributed by atoms with van der Waals surface area (Å²) < 4.78 is 5.21. The van der Waals surface area contributed by atoms with Crippen LogP contribution in [-0.2, 0) is 4.52 Å². The average molecular weight is 167 g/mol. The highest BCUT2D eigenvalue weighted by molar-refractivity contribution is 7.37. The van der Waals surface area contributed by atoms with Gasteiger partial charge in [-0.2, -0.15) is 0 Å². The van der Waals surface area contributed by atoms with E-state index in [4.69, 9.17) is 4.89 Å². The van der Waals surface area contributed by atoms with Gasteiger partial charge in [-0.3, -0.25) is 0 Å². The molecule has 0 heterocycles. The van der Waals surface area contributed by atoms with Gasteiger partial charge in [-0.15, -0.1) is 0 Å². The van der Waals surface area contributed by atoms with Crippen LogP contribution >= 0.6 is 8.60 Å². The van der Waals surface area contributed by atoms with E-state index >= 15 is 0 Å². The van der Waals surface area contributed by atoms with Gasteiger partial charge in [0.15, 0.2) is 0 Å².